The minimum absolute atomic E-state index is 0.151. The number of nitrogens with zero attached hydrogens (tertiary/aromatic N) is 3. The van der Waals surface area contributed by atoms with Gasteiger partial charge in [-0.3, -0.25) is 9.59 Å². The van der Waals surface area contributed by atoms with E-state index in [0.29, 0.717) is 29.7 Å². The van der Waals surface area contributed by atoms with E-state index >= 15 is 0 Å². The van der Waals surface area contributed by atoms with Gasteiger partial charge in [0.25, 0.3) is 11.5 Å². The molecule has 0 radical (unpaired) electrons. The number of hydrogen-bond donors (Lipinski definition) is 1. The van der Waals surface area contributed by atoms with Crippen molar-refractivity contribution in [3.8, 4) is 0 Å². The van der Waals surface area contributed by atoms with Crippen LogP contribution in [-0.4, -0.2) is 40.3 Å². The van der Waals surface area contributed by atoms with E-state index in [2.05, 4.69) is 10.4 Å². The molecule has 7 heteroatoms. The molecule has 0 spiro atoms. The second-order valence-electron chi connectivity index (χ2n) is 4.94. The van der Waals surface area contributed by atoms with Gasteiger partial charge >= 0.3 is 0 Å². The number of carbonyl (C=O) groups excluding carboxylic acids is 1. The summed E-state index contributed by atoms with van der Waals surface area (Å²) >= 11 is 0. The molecule has 2 aromatic heterocycles. The molecule has 0 aliphatic carbocycles. The maximum absolute atomic E-state index is 12.3. The first-order chi connectivity index (χ1) is 10.6. The quantitative estimate of drug-likeness (QED) is 0.714. The van der Waals surface area contributed by atoms with Gasteiger partial charge < -0.3 is 14.6 Å². The molecule has 1 N–H and O–H groups in total. The Hall–Kier alpha value is -2.67. The number of aromatic nitrogens is 3. The molecule has 114 valence electrons. The number of carbonyl (C=O) groups is 1. The summed E-state index contributed by atoms with van der Waals surface area (Å²) in [7, 11) is 3.26. The van der Waals surface area contributed by atoms with Gasteiger partial charge in [0.1, 0.15) is 5.52 Å². The molecular weight excluding hydrogens is 284 g/mol. The number of benzene rings is 1. The Kier molecular flexibility index (Phi) is 3.64. The van der Waals surface area contributed by atoms with E-state index in [1.807, 2.05) is 0 Å². The van der Waals surface area contributed by atoms with Crippen LogP contribution in [0, 0.1) is 0 Å². The summed E-state index contributed by atoms with van der Waals surface area (Å²) < 4.78 is 8.01. The average Bonchev–Trinajstić information content (AvgIpc) is 3.02. The monoisotopic (exact) mass is 300 g/mol. The zero-order valence-electron chi connectivity index (χ0n) is 12.4. The largest absolute Gasteiger partial charge is 0.383 e. The van der Waals surface area contributed by atoms with E-state index in [1.165, 1.54) is 4.57 Å². The highest BCUT2D eigenvalue weighted by atomic mass is 16.5. The van der Waals surface area contributed by atoms with Gasteiger partial charge in [0.15, 0.2) is 0 Å². The number of rotatable bonds is 4. The van der Waals surface area contributed by atoms with Crippen molar-refractivity contribution in [3.63, 3.8) is 0 Å². The van der Waals surface area contributed by atoms with Gasteiger partial charge in [0, 0.05) is 26.3 Å². The molecular formula is C15H16N4O3. The fourth-order valence-corrected chi connectivity index (χ4v) is 2.42. The third-order valence-corrected chi connectivity index (χ3v) is 3.59. The van der Waals surface area contributed by atoms with Crippen LogP contribution in [0.3, 0.4) is 0 Å². The van der Waals surface area contributed by atoms with Crippen LogP contribution in [0.1, 0.15) is 10.4 Å². The maximum Gasteiger partial charge on any atom is 0.276 e. The van der Waals surface area contributed by atoms with Gasteiger partial charge in [-0.05, 0) is 24.3 Å². The van der Waals surface area contributed by atoms with Crippen LogP contribution in [0.2, 0.25) is 0 Å². The molecule has 0 atom stereocenters. The highest BCUT2D eigenvalue weighted by Crippen LogP contribution is 2.15. The summed E-state index contributed by atoms with van der Waals surface area (Å²) in [6, 6.07) is 6.88. The van der Waals surface area contributed by atoms with Gasteiger partial charge in [-0.25, -0.2) is 4.52 Å². The molecule has 0 saturated heterocycles. The minimum atomic E-state index is -0.202. The van der Waals surface area contributed by atoms with Crippen LogP contribution in [-0.2, 0) is 11.8 Å². The second-order valence-corrected chi connectivity index (χ2v) is 4.94. The van der Waals surface area contributed by atoms with Crippen molar-refractivity contribution < 1.29 is 9.53 Å². The number of ether oxygens (including phenoxy) is 1. The summed E-state index contributed by atoms with van der Waals surface area (Å²) in [5.74, 6) is -0.202. The predicted octanol–water partition coefficient (Wildman–Crippen LogP) is 0.562. The van der Waals surface area contributed by atoms with Crippen LogP contribution >= 0.6 is 0 Å². The van der Waals surface area contributed by atoms with Crippen molar-refractivity contribution in [2.24, 2.45) is 7.05 Å². The SMILES string of the molecule is COCCNC(=O)c1ccc2c(c1)n(C)c(=O)c1ccnn12. The molecule has 22 heavy (non-hydrogen) atoms. The van der Waals surface area contributed by atoms with Crippen molar-refractivity contribution in [1.82, 2.24) is 19.5 Å². The predicted molar refractivity (Wildman–Crippen MR) is 82.1 cm³/mol. The molecule has 0 aliphatic heterocycles. The first-order valence-corrected chi connectivity index (χ1v) is 6.87. The van der Waals surface area contributed by atoms with Crippen LogP contribution < -0.4 is 10.9 Å². The average molecular weight is 300 g/mol. The Morgan fingerprint density at radius 2 is 2.09 bits per heavy atom. The smallest absolute Gasteiger partial charge is 0.276 e. The topological polar surface area (TPSA) is 77.6 Å². The van der Waals surface area contributed by atoms with Gasteiger partial charge in [-0.1, -0.05) is 0 Å². The number of nitrogens with one attached hydrogen (secondary N) is 1. The first kappa shape index (κ1) is 14.3. The zero-order chi connectivity index (χ0) is 15.7. The summed E-state index contributed by atoms with van der Waals surface area (Å²) in [6.45, 7) is 0.885. The molecule has 7 nitrogen and oxygen atoms in total. The molecule has 2 heterocycles. The van der Waals surface area contributed by atoms with Gasteiger partial charge in [-0.2, -0.15) is 5.10 Å². The Morgan fingerprint density at radius 3 is 2.86 bits per heavy atom. The molecule has 0 saturated carbocycles. The molecule has 0 aliphatic rings. The van der Waals surface area contributed by atoms with E-state index in [-0.39, 0.29) is 11.5 Å². The van der Waals surface area contributed by atoms with Crippen molar-refractivity contribution in [2.75, 3.05) is 20.3 Å². The Balaban J connectivity index is 2.10. The number of amides is 1. The van der Waals surface area contributed by atoms with Crippen molar-refractivity contribution in [2.45, 2.75) is 0 Å². The highest BCUT2D eigenvalue weighted by Gasteiger charge is 2.12. The molecule has 3 rings (SSSR count). The van der Waals surface area contributed by atoms with E-state index in [9.17, 15) is 9.59 Å². The van der Waals surface area contributed by atoms with Crippen LogP contribution in [0.25, 0.3) is 16.6 Å². The lowest BCUT2D eigenvalue weighted by molar-refractivity contribution is 0.0937. The first-order valence-electron chi connectivity index (χ1n) is 6.87. The summed E-state index contributed by atoms with van der Waals surface area (Å²) in [5, 5.41) is 6.93. The van der Waals surface area contributed by atoms with E-state index in [4.69, 9.17) is 4.74 Å². The normalized spacial score (nSPS) is 11.2. The van der Waals surface area contributed by atoms with Crippen LogP contribution in [0.15, 0.2) is 35.3 Å². The molecule has 0 unspecified atom stereocenters. The third kappa shape index (κ3) is 2.25. The molecule has 1 amide bonds. The number of hydrogen-bond acceptors (Lipinski definition) is 4. The summed E-state index contributed by atoms with van der Waals surface area (Å²) in [6.07, 6.45) is 1.58. The van der Waals surface area contributed by atoms with Gasteiger partial charge in [0.05, 0.1) is 23.8 Å². The fraction of sp³-hybridized carbons (Fsp3) is 0.267. The lowest BCUT2D eigenvalue weighted by atomic mass is 10.1. The van der Waals surface area contributed by atoms with Crippen LogP contribution in [0.5, 0.6) is 0 Å². The number of methoxy groups -OCH3 is 1. The molecule has 0 bridgehead atoms. The lowest BCUT2D eigenvalue weighted by Crippen LogP contribution is -2.27. The van der Waals surface area contributed by atoms with Gasteiger partial charge in [0.2, 0.25) is 0 Å². The number of fused-ring (bicyclic) bond motifs is 3. The lowest BCUT2D eigenvalue weighted by Gasteiger charge is -2.10. The Bertz CT molecular complexity index is 910. The van der Waals surface area contributed by atoms with Crippen LogP contribution in [0.4, 0.5) is 0 Å². The molecule has 3 aromatic rings. The Morgan fingerprint density at radius 1 is 1.27 bits per heavy atom. The third-order valence-electron chi connectivity index (χ3n) is 3.59. The minimum Gasteiger partial charge on any atom is -0.383 e. The van der Waals surface area contributed by atoms with E-state index in [1.54, 1.807) is 49.1 Å². The standard InChI is InChI=1S/C15H16N4O3/c1-18-13-9-10(14(20)16-7-8-22-2)3-4-11(13)19-12(15(18)21)5-6-17-19/h3-6,9H,7-8H2,1-2H3,(H,16,20). The highest BCUT2D eigenvalue weighted by molar-refractivity contribution is 5.97. The van der Waals surface area contributed by atoms with Gasteiger partial charge in [-0.15, -0.1) is 0 Å². The van der Waals surface area contributed by atoms with Crippen molar-refractivity contribution >= 4 is 22.5 Å². The zero-order valence-corrected chi connectivity index (χ0v) is 12.4. The maximum atomic E-state index is 12.3. The van der Waals surface area contributed by atoms with Crippen molar-refractivity contribution in [1.29, 1.82) is 0 Å². The van der Waals surface area contributed by atoms with E-state index in [0.717, 1.165) is 5.52 Å². The number of aryl methyl sites for hydroxylation is 1. The fourth-order valence-electron chi connectivity index (χ4n) is 2.42. The van der Waals surface area contributed by atoms with E-state index < -0.39 is 0 Å². The van der Waals surface area contributed by atoms with Crippen molar-refractivity contribution in [3.05, 3.63) is 46.4 Å². The summed E-state index contributed by atoms with van der Waals surface area (Å²) in [4.78, 5) is 24.4. The second kappa shape index (κ2) is 5.61. The molecule has 0 fully saturated rings. The Labute approximate surface area is 126 Å². The molecule has 1 aromatic carbocycles. The summed E-state index contributed by atoms with van der Waals surface area (Å²) in [5.41, 5.74) is 2.27.